The molecule has 0 aromatic carbocycles. The van der Waals surface area contributed by atoms with Crippen LogP contribution in [-0.4, -0.2) is 48.4 Å². The summed E-state index contributed by atoms with van der Waals surface area (Å²) in [7, 11) is 0. The van der Waals surface area contributed by atoms with Crippen LogP contribution in [0.2, 0.25) is 0 Å². The van der Waals surface area contributed by atoms with Crippen LogP contribution < -0.4 is 5.32 Å². The van der Waals surface area contributed by atoms with Gasteiger partial charge < -0.3 is 5.32 Å². The molecule has 3 rings (SSSR count). The quantitative estimate of drug-likeness (QED) is 0.846. The number of piperazine rings is 1. The highest BCUT2D eigenvalue weighted by atomic mass is 16.1. The minimum Gasteiger partial charge on any atom is -0.314 e. The number of hydrogen-bond donors (Lipinski definition) is 1. The second-order valence-electron chi connectivity index (χ2n) is 5.13. The van der Waals surface area contributed by atoms with Gasteiger partial charge in [0.25, 0.3) is 0 Å². The van der Waals surface area contributed by atoms with Gasteiger partial charge in [-0.3, -0.25) is 14.7 Å². The lowest BCUT2D eigenvalue weighted by Crippen LogP contribution is -2.46. The molecule has 1 atom stereocenters. The Kier molecular flexibility index (Phi) is 3.39. The Morgan fingerprint density at radius 1 is 1.44 bits per heavy atom. The molecule has 1 saturated heterocycles. The predicted octanol–water partition coefficient (Wildman–Crippen LogP) is 0.586. The Morgan fingerprint density at radius 2 is 2.28 bits per heavy atom. The molecule has 96 valence electrons. The van der Waals surface area contributed by atoms with Gasteiger partial charge in [0.05, 0.1) is 18.2 Å². The van der Waals surface area contributed by atoms with Crippen molar-refractivity contribution in [2.45, 2.75) is 18.8 Å². The molecule has 0 saturated carbocycles. The topological polar surface area (TPSA) is 45.2 Å². The van der Waals surface area contributed by atoms with Crippen LogP contribution in [-0.2, 0) is 11.2 Å². The maximum atomic E-state index is 12.4. The van der Waals surface area contributed by atoms with Gasteiger partial charge in [-0.1, -0.05) is 6.07 Å². The van der Waals surface area contributed by atoms with Crippen molar-refractivity contribution >= 4 is 5.78 Å². The second kappa shape index (κ2) is 5.16. The number of hydrogen-bond acceptors (Lipinski definition) is 4. The van der Waals surface area contributed by atoms with Crippen LogP contribution in [0.3, 0.4) is 0 Å². The van der Waals surface area contributed by atoms with Crippen molar-refractivity contribution in [3.8, 4) is 0 Å². The van der Waals surface area contributed by atoms with E-state index in [2.05, 4.69) is 21.3 Å². The number of rotatable bonds is 3. The molecule has 1 N–H and O–H groups in total. The lowest BCUT2D eigenvalue weighted by atomic mass is 10.0. The van der Waals surface area contributed by atoms with Crippen LogP contribution in [0, 0.1) is 0 Å². The number of Topliss-reactive ketones (excluding diaryl/α,β-unsaturated/α-hetero) is 1. The summed E-state index contributed by atoms with van der Waals surface area (Å²) >= 11 is 0. The number of nitrogens with zero attached hydrogens (tertiary/aromatic N) is 2. The van der Waals surface area contributed by atoms with Gasteiger partial charge in [0.1, 0.15) is 0 Å². The molecule has 0 radical (unpaired) electrons. The van der Waals surface area contributed by atoms with E-state index in [1.54, 1.807) is 6.20 Å². The average Bonchev–Trinajstić information content (AvgIpc) is 2.84. The molecule has 4 nitrogen and oxygen atoms in total. The number of ketones is 1. The zero-order valence-corrected chi connectivity index (χ0v) is 10.6. The molecule has 1 aliphatic heterocycles. The molecule has 1 aromatic rings. The van der Waals surface area contributed by atoms with Crippen LogP contribution in [0.1, 0.15) is 23.6 Å². The summed E-state index contributed by atoms with van der Waals surface area (Å²) in [6.45, 7) is 4.53. The third-order valence-corrected chi connectivity index (χ3v) is 3.94. The van der Waals surface area contributed by atoms with Crippen LogP contribution in [0.4, 0.5) is 0 Å². The van der Waals surface area contributed by atoms with E-state index in [1.165, 1.54) is 5.56 Å². The third-order valence-electron chi connectivity index (χ3n) is 3.94. The first-order valence-electron chi connectivity index (χ1n) is 6.74. The lowest BCUT2D eigenvalue weighted by Gasteiger charge is -2.27. The Labute approximate surface area is 107 Å². The monoisotopic (exact) mass is 245 g/mol. The summed E-state index contributed by atoms with van der Waals surface area (Å²) in [5.74, 6) is 0.380. The standard InChI is InChI=1S/C14H19N3O/c18-13(10-17-8-6-15-7-9-17)12-4-3-11-2-1-5-16-14(11)12/h1-2,5,12,15H,3-4,6-10H2. The number of nitrogens with one attached hydrogen (secondary N) is 1. The molecule has 0 amide bonds. The van der Waals surface area contributed by atoms with Gasteiger partial charge in [0, 0.05) is 32.4 Å². The number of carbonyl (C=O) groups is 1. The van der Waals surface area contributed by atoms with Gasteiger partial charge in [0.15, 0.2) is 5.78 Å². The maximum absolute atomic E-state index is 12.4. The maximum Gasteiger partial charge on any atom is 0.155 e. The van der Waals surface area contributed by atoms with E-state index in [9.17, 15) is 4.79 Å². The van der Waals surface area contributed by atoms with Gasteiger partial charge in [-0.25, -0.2) is 0 Å². The molecule has 4 heteroatoms. The molecule has 18 heavy (non-hydrogen) atoms. The van der Waals surface area contributed by atoms with Gasteiger partial charge in [-0.2, -0.15) is 0 Å². The minimum atomic E-state index is 0.0380. The first-order valence-corrected chi connectivity index (χ1v) is 6.74. The summed E-state index contributed by atoms with van der Waals surface area (Å²) in [5.41, 5.74) is 2.29. The molecular weight excluding hydrogens is 226 g/mol. The molecule has 0 bridgehead atoms. The second-order valence-corrected chi connectivity index (χ2v) is 5.13. The summed E-state index contributed by atoms with van der Waals surface area (Å²) in [5, 5.41) is 3.31. The van der Waals surface area contributed by atoms with Crippen molar-refractivity contribution in [1.29, 1.82) is 0 Å². The fraction of sp³-hybridized carbons (Fsp3) is 0.571. The highest BCUT2D eigenvalue weighted by molar-refractivity contribution is 5.88. The smallest absolute Gasteiger partial charge is 0.155 e. The molecule has 2 heterocycles. The van der Waals surface area contributed by atoms with E-state index in [1.807, 2.05) is 6.07 Å². The summed E-state index contributed by atoms with van der Waals surface area (Å²) < 4.78 is 0. The summed E-state index contributed by atoms with van der Waals surface area (Å²) in [6.07, 6.45) is 3.74. The van der Waals surface area contributed by atoms with Crippen molar-refractivity contribution in [3.63, 3.8) is 0 Å². The zero-order chi connectivity index (χ0) is 12.4. The van der Waals surface area contributed by atoms with Crippen molar-refractivity contribution in [3.05, 3.63) is 29.6 Å². The number of pyridine rings is 1. The van der Waals surface area contributed by atoms with E-state index in [4.69, 9.17) is 0 Å². The van der Waals surface area contributed by atoms with E-state index >= 15 is 0 Å². The lowest BCUT2D eigenvalue weighted by molar-refractivity contribution is -0.121. The number of fused-ring (bicyclic) bond motifs is 1. The molecule has 1 unspecified atom stereocenters. The van der Waals surface area contributed by atoms with Crippen molar-refractivity contribution in [1.82, 2.24) is 15.2 Å². The predicted molar refractivity (Wildman–Crippen MR) is 69.6 cm³/mol. The highest BCUT2D eigenvalue weighted by Crippen LogP contribution is 2.31. The molecule has 1 aliphatic carbocycles. The Balaban J connectivity index is 1.67. The van der Waals surface area contributed by atoms with Gasteiger partial charge >= 0.3 is 0 Å². The van der Waals surface area contributed by atoms with Crippen molar-refractivity contribution in [2.24, 2.45) is 0 Å². The fourth-order valence-corrected chi connectivity index (χ4v) is 2.93. The largest absolute Gasteiger partial charge is 0.314 e. The van der Waals surface area contributed by atoms with Crippen LogP contribution >= 0.6 is 0 Å². The molecule has 1 aromatic heterocycles. The third kappa shape index (κ3) is 2.31. The van der Waals surface area contributed by atoms with Crippen molar-refractivity contribution < 1.29 is 4.79 Å². The number of aromatic nitrogens is 1. The van der Waals surface area contributed by atoms with Crippen LogP contribution in [0.25, 0.3) is 0 Å². The minimum absolute atomic E-state index is 0.0380. The Hall–Kier alpha value is -1.26. The Morgan fingerprint density at radius 3 is 3.11 bits per heavy atom. The first kappa shape index (κ1) is 11.8. The first-order chi connectivity index (χ1) is 8.84. The normalized spacial score (nSPS) is 23.9. The van der Waals surface area contributed by atoms with Gasteiger partial charge in [0.2, 0.25) is 0 Å². The molecule has 2 aliphatic rings. The summed E-state index contributed by atoms with van der Waals surface area (Å²) in [4.78, 5) is 19.0. The van der Waals surface area contributed by atoms with Gasteiger partial charge in [-0.05, 0) is 24.5 Å². The molecule has 0 spiro atoms. The molecular formula is C14H19N3O. The number of aryl methyl sites for hydroxylation is 1. The molecule has 1 fully saturated rings. The van der Waals surface area contributed by atoms with E-state index < -0.39 is 0 Å². The average molecular weight is 245 g/mol. The highest BCUT2D eigenvalue weighted by Gasteiger charge is 2.30. The summed E-state index contributed by atoms with van der Waals surface area (Å²) in [6, 6.07) is 4.06. The Bertz CT molecular complexity index is 440. The van der Waals surface area contributed by atoms with Crippen LogP contribution in [0.5, 0.6) is 0 Å². The zero-order valence-electron chi connectivity index (χ0n) is 10.6. The number of carbonyl (C=O) groups excluding carboxylic acids is 1. The van der Waals surface area contributed by atoms with Crippen molar-refractivity contribution in [2.75, 3.05) is 32.7 Å². The van der Waals surface area contributed by atoms with E-state index in [-0.39, 0.29) is 5.92 Å². The van der Waals surface area contributed by atoms with E-state index in [0.717, 1.165) is 44.7 Å². The fourth-order valence-electron chi connectivity index (χ4n) is 2.93. The SMILES string of the molecule is O=C(CN1CCNCC1)C1CCc2cccnc21. The van der Waals surface area contributed by atoms with Gasteiger partial charge in [-0.15, -0.1) is 0 Å². The van der Waals surface area contributed by atoms with Crippen LogP contribution in [0.15, 0.2) is 18.3 Å². The van der Waals surface area contributed by atoms with E-state index in [0.29, 0.717) is 12.3 Å².